The number of carboxylic acid groups (broad SMARTS) is 1. The number of pyridine rings is 1. The molecular weight excluding hydrogens is 601 g/mol. The Kier molecular flexibility index (Phi) is 9.74. The van der Waals surface area contributed by atoms with Gasteiger partial charge in [0.25, 0.3) is 0 Å². The maximum atomic E-state index is 12.5. The first-order chi connectivity index (χ1) is 19.3. The minimum atomic E-state index is -1.14. The molecule has 1 aromatic carbocycles. The number of aryl methyl sites for hydroxylation is 1. The van der Waals surface area contributed by atoms with Gasteiger partial charge < -0.3 is 15.2 Å². The standard InChI is InChI=1S/C30H31Cl2N3O4S2/c1-6-16(2)7-10-23-25(17-8-9-20(31)21(32)14-17)34-29(41-23)35-26-19(27(36)37)13-18(15-33-26)22-11-12-24(40-22)28(38)39-30(3,4)5/h8-9,11-16H,6-7,10H2,1-5H3,(H,36,37)(H,33,34,35). The summed E-state index contributed by atoms with van der Waals surface area (Å²) in [6, 6.07) is 10.4. The number of thiophene rings is 1. The zero-order chi connectivity index (χ0) is 29.9. The highest BCUT2D eigenvalue weighted by atomic mass is 35.5. The van der Waals surface area contributed by atoms with Gasteiger partial charge in [-0.15, -0.1) is 22.7 Å². The summed E-state index contributed by atoms with van der Waals surface area (Å²) >= 11 is 15.1. The van der Waals surface area contributed by atoms with E-state index < -0.39 is 17.5 Å². The largest absolute Gasteiger partial charge is 0.478 e. The number of aromatic carboxylic acids is 1. The van der Waals surface area contributed by atoms with Crippen molar-refractivity contribution in [2.75, 3.05) is 5.32 Å². The molecule has 0 fully saturated rings. The van der Waals surface area contributed by atoms with Crippen LogP contribution < -0.4 is 5.32 Å². The predicted molar refractivity (Wildman–Crippen MR) is 168 cm³/mol. The fraction of sp³-hybridized carbons (Fsp3) is 0.333. The van der Waals surface area contributed by atoms with Crippen LogP contribution in [0.2, 0.25) is 10.0 Å². The number of hydrogen-bond donors (Lipinski definition) is 2. The van der Waals surface area contributed by atoms with Crippen molar-refractivity contribution in [3.63, 3.8) is 0 Å². The van der Waals surface area contributed by atoms with E-state index in [0.29, 0.717) is 36.4 Å². The van der Waals surface area contributed by atoms with Crippen LogP contribution in [0.3, 0.4) is 0 Å². The second-order valence-electron chi connectivity index (χ2n) is 10.7. The summed E-state index contributed by atoms with van der Waals surface area (Å²) in [5, 5.41) is 14.6. The van der Waals surface area contributed by atoms with Gasteiger partial charge in [0.2, 0.25) is 0 Å². The van der Waals surface area contributed by atoms with E-state index in [9.17, 15) is 14.7 Å². The van der Waals surface area contributed by atoms with Crippen LogP contribution in [0.25, 0.3) is 21.7 Å². The summed E-state index contributed by atoms with van der Waals surface area (Å²) in [6.07, 6.45) is 4.47. The number of aromatic nitrogens is 2. The Balaban J connectivity index is 1.64. The lowest BCUT2D eigenvalue weighted by atomic mass is 10.0. The Morgan fingerprint density at radius 1 is 1.07 bits per heavy atom. The van der Waals surface area contributed by atoms with Crippen molar-refractivity contribution in [3.8, 4) is 21.7 Å². The molecule has 0 amide bonds. The fourth-order valence-corrected chi connectivity index (χ4v) is 6.08. The minimum absolute atomic E-state index is 0.0119. The number of carbonyl (C=O) groups is 2. The Morgan fingerprint density at radius 2 is 1.83 bits per heavy atom. The van der Waals surface area contributed by atoms with Gasteiger partial charge in [-0.2, -0.15) is 0 Å². The molecular formula is C30H31Cl2N3O4S2. The van der Waals surface area contributed by atoms with Gasteiger partial charge in [-0.1, -0.05) is 49.5 Å². The van der Waals surface area contributed by atoms with E-state index >= 15 is 0 Å². The summed E-state index contributed by atoms with van der Waals surface area (Å²) in [5.74, 6) is -0.836. The highest BCUT2D eigenvalue weighted by Gasteiger charge is 2.22. The number of nitrogens with zero attached hydrogens (tertiary/aromatic N) is 2. The van der Waals surface area contributed by atoms with Crippen LogP contribution in [-0.2, 0) is 11.2 Å². The van der Waals surface area contributed by atoms with Gasteiger partial charge in [-0.25, -0.2) is 19.6 Å². The van der Waals surface area contributed by atoms with Crippen LogP contribution in [0.1, 0.15) is 72.4 Å². The summed E-state index contributed by atoms with van der Waals surface area (Å²) in [7, 11) is 0. The molecule has 4 rings (SSSR count). The van der Waals surface area contributed by atoms with Crippen molar-refractivity contribution in [1.29, 1.82) is 0 Å². The van der Waals surface area contributed by atoms with Crippen molar-refractivity contribution < 1.29 is 19.4 Å². The number of esters is 1. The van der Waals surface area contributed by atoms with Crippen molar-refractivity contribution in [3.05, 3.63) is 68.0 Å². The third-order valence-electron chi connectivity index (χ3n) is 6.29. The van der Waals surface area contributed by atoms with Crippen LogP contribution in [-0.4, -0.2) is 32.6 Å². The van der Waals surface area contributed by atoms with Crippen molar-refractivity contribution >= 4 is 68.8 Å². The lowest BCUT2D eigenvalue weighted by Gasteiger charge is -2.18. The molecule has 4 aromatic rings. The van der Waals surface area contributed by atoms with E-state index in [1.807, 2.05) is 6.07 Å². The van der Waals surface area contributed by atoms with Crippen molar-refractivity contribution in [2.24, 2.45) is 5.92 Å². The Labute approximate surface area is 257 Å². The van der Waals surface area contributed by atoms with E-state index in [1.165, 1.54) is 22.7 Å². The molecule has 0 aliphatic carbocycles. The second-order valence-corrected chi connectivity index (χ2v) is 13.7. The first-order valence-electron chi connectivity index (χ1n) is 13.1. The number of nitrogens with one attached hydrogen (secondary N) is 1. The zero-order valence-corrected chi connectivity index (χ0v) is 26.5. The number of carboxylic acids is 1. The Bertz CT molecular complexity index is 1580. The molecule has 216 valence electrons. The number of thiazole rings is 1. The van der Waals surface area contributed by atoms with Gasteiger partial charge in [-0.05, 0) is 69.9 Å². The summed E-state index contributed by atoms with van der Waals surface area (Å²) in [5.41, 5.74) is 1.57. The molecule has 1 unspecified atom stereocenters. The van der Waals surface area contributed by atoms with Crippen LogP contribution in [0.15, 0.2) is 42.6 Å². The van der Waals surface area contributed by atoms with Gasteiger partial charge >= 0.3 is 11.9 Å². The van der Waals surface area contributed by atoms with Crippen molar-refractivity contribution in [2.45, 2.75) is 59.5 Å². The number of ether oxygens (including phenoxy) is 1. The molecule has 0 aliphatic heterocycles. The molecule has 1 atom stereocenters. The normalized spacial score (nSPS) is 12.3. The maximum Gasteiger partial charge on any atom is 0.348 e. The lowest BCUT2D eigenvalue weighted by molar-refractivity contribution is 0.00750. The lowest BCUT2D eigenvalue weighted by Crippen LogP contribution is -2.23. The number of benzene rings is 1. The first-order valence-corrected chi connectivity index (χ1v) is 15.5. The van der Waals surface area contributed by atoms with Crippen molar-refractivity contribution in [1.82, 2.24) is 9.97 Å². The molecule has 11 heteroatoms. The molecule has 0 radical (unpaired) electrons. The van der Waals surface area contributed by atoms with Gasteiger partial charge in [0.15, 0.2) is 5.13 Å². The second kappa shape index (κ2) is 12.9. The molecule has 2 N–H and O–H groups in total. The zero-order valence-electron chi connectivity index (χ0n) is 23.4. The Hall–Kier alpha value is -2.98. The molecule has 0 bridgehead atoms. The predicted octanol–water partition coefficient (Wildman–Crippen LogP) is 9.62. The maximum absolute atomic E-state index is 12.5. The fourth-order valence-electron chi connectivity index (χ4n) is 3.92. The average molecular weight is 633 g/mol. The molecule has 0 saturated carbocycles. The average Bonchev–Trinajstić information content (AvgIpc) is 3.56. The molecule has 0 aliphatic rings. The van der Waals surface area contributed by atoms with E-state index in [4.69, 9.17) is 32.9 Å². The number of anilines is 2. The highest BCUT2D eigenvalue weighted by Crippen LogP contribution is 2.38. The monoisotopic (exact) mass is 631 g/mol. The van der Waals surface area contributed by atoms with Gasteiger partial charge in [-0.3, -0.25) is 0 Å². The number of carbonyl (C=O) groups excluding carboxylic acids is 1. The van der Waals surface area contributed by atoms with E-state index in [1.54, 1.807) is 57.3 Å². The van der Waals surface area contributed by atoms with Gasteiger partial charge in [0, 0.05) is 27.1 Å². The first kappa shape index (κ1) is 31.0. The van der Waals surface area contributed by atoms with E-state index in [-0.39, 0.29) is 11.4 Å². The van der Waals surface area contributed by atoms with Gasteiger partial charge in [0.05, 0.1) is 15.7 Å². The molecule has 0 spiro atoms. The van der Waals surface area contributed by atoms with Crippen LogP contribution in [0.4, 0.5) is 10.9 Å². The summed E-state index contributed by atoms with van der Waals surface area (Å²) < 4.78 is 5.45. The third-order valence-corrected chi connectivity index (χ3v) is 9.17. The molecule has 3 heterocycles. The van der Waals surface area contributed by atoms with Crippen LogP contribution >= 0.6 is 45.9 Å². The smallest absolute Gasteiger partial charge is 0.348 e. The SMILES string of the molecule is CCC(C)CCc1sc(Nc2ncc(-c3ccc(C(=O)OC(C)(C)C)s3)cc2C(=O)O)nc1-c1ccc(Cl)c(Cl)c1. The van der Waals surface area contributed by atoms with Gasteiger partial charge in [0.1, 0.15) is 21.9 Å². The summed E-state index contributed by atoms with van der Waals surface area (Å²) in [4.78, 5) is 36.1. The molecule has 41 heavy (non-hydrogen) atoms. The topological polar surface area (TPSA) is 101 Å². The number of halogens is 2. The highest BCUT2D eigenvalue weighted by molar-refractivity contribution is 7.17. The summed E-state index contributed by atoms with van der Waals surface area (Å²) in [6.45, 7) is 9.80. The Morgan fingerprint density at radius 3 is 2.49 bits per heavy atom. The number of hydrogen-bond acceptors (Lipinski definition) is 8. The van der Waals surface area contributed by atoms with E-state index in [2.05, 4.69) is 24.1 Å². The number of rotatable bonds is 10. The minimum Gasteiger partial charge on any atom is -0.478 e. The van der Waals surface area contributed by atoms with E-state index in [0.717, 1.165) is 35.4 Å². The quantitative estimate of drug-likeness (QED) is 0.168. The molecule has 3 aromatic heterocycles. The third kappa shape index (κ3) is 7.86. The van der Waals surface area contributed by atoms with Crippen LogP contribution in [0, 0.1) is 5.92 Å². The molecule has 0 saturated heterocycles. The molecule has 7 nitrogen and oxygen atoms in total. The van der Waals surface area contributed by atoms with Crippen LogP contribution in [0.5, 0.6) is 0 Å².